The molecule has 6 heteroatoms. The number of rotatable bonds is 5. The van der Waals surface area contributed by atoms with Crippen LogP contribution in [0.3, 0.4) is 0 Å². The van der Waals surface area contributed by atoms with Gasteiger partial charge in [-0.15, -0.1) is 0 Å². The maximum absolute atomic E-state index is 5.61. The monoisotopic (exact) mass is 292 g/mol. The highest BCUT2D eigenvalue weighted by molar-refractivity contribution is 7.80. The number of aromatic nitrogens is 2. The molecule has 4 nitrogen and oxygen atoms in total. The van der Waals surface area contributed by atoms with Crippen molar-refractivity contribution >= 4 is 34.5 Å². The van der Waals surface area contributed by atoms with E-state index < -0.39 is 0 Å². The van der Waals surface area contributed by atoms with Crippen molar-refractivity contribution in [2.24, 2.45) is 5.73 Å². The first-order chi connectivity index (χ1) is 9.04. The van der Waals surface area contributed by atoms with E-state index in [1.54, 1.807) is 17.4 Å². The highest BCUT2D eigenvalue weighted by Crippen LogP contribution is 2.12. The van der Waals surface area contributed by atoms with Crippen LogP contribution in [-0.4, -0.2) is 21.0 Å². The molecule has 0 aliphatic rings. The van der Waals surface area contributed by atoms with Crippen molar-refractivity contribution in [1.82, 2.24) is 9.97 Å². The van der Waals surface area contributed by atoms with Crippen molar-refractivity contribution in [2.75, 3.05) is 5.32 Å². The van der Waals surface area contributed by atoms with Crippen LogP contribution < -0.4 is 11.1 Å². The summed E-state index contributed by atoms with van der Waals surface area (Å²) in [5, 5.41) is 7.51. The van der Waals surface area contributed by atoms with E-state index >= 15 is 0 Å². The first kappa shape index (κ1) is 13.9. The van der Waals surface area contributed by atoms with Crippen LogP contribution in [0.4, 0.5) is 5.95 Å². The number of thiocarbonyl (C=S) groups is 1. The second kappa shape index (κ2) is 6.08. The third kappa shape index (κ3) is 3.97. The Bertz CT molecular complexity index is 566. The SMILES string of the molecule is Cc1cc(C(N)=S)nc(NC(C)Cc2ccsc2)n1. The Morgan fingerprint density at radius 2 is 2.32 bits per heavy atom. The van der Waals surface area contributed by atoms with E-state index in [1.807, 2.05) is 6.92 Å². The van der Waals surface area contributed by atoms with Gasteiger partial charge in [-0.2, -0.15) is 11.3 Å². The minimum atomic E-state index is 0.246. The van der Waals surface area contributed by atoms with Gasteiger partial charge in [-0.25, -0.2) is 9.97 Å². The van der Waals surface area contributed by atoms with Gasteiger partial charge in [-0.05, 0) is 48.7 Å². The quantitative estimate of drug-likeness (QED) is 0.829. The highest BCUT2D eigenvalue weighted by Gasteiger charge is 2.08. The molecule has 2 rings (SSSR count). The second-order valence-corrected chi connectivity index (χ2v) is 5.68. The van der Waals surface area contributed by atoms with Gasteiger partial charge in [-0.3, -0.25) is 0 Å². The zero-order chi connectivity index (χ0) is 13.8. The molecule has 0 aromatic carbocycles. The fourth-order valence-corrected chi connectivity index (χ4v) is 2.58. The van der Waals surface area contributed by atoms with Crippen molar-refractivity contribution in [1.29, 1.82) is 0 Å². The van der Waals surface area contributed by atoms with Crippen LogP contribution in [0.2, 0.25) is 0 Å². The molecule has 100 valence electrons. The molecule has 0 aliphatic carbocycles. The Morgan fingerprint density at radius 3 is 2.95 bits per heavy atom. The molecule has 1 unspecified atom stereocenters. The predicted molar refractivity (Wildman–Crippen MR) is 83.8 cm³/mol. The summed E-state index contributed by atoms with van der Waals surface area (Å²) in [7, 11) is 0. The summed E-state index contributed by atoms with van der Waals surface area (Å²) in [6.07, 6.45) is 0.934. The lowest BCUT2D eigenvalue weighted by molar-refractivity contribution is 0.777. The summed E-state index contributed by atoms with van der Waals surface area (Å²) in [6.45, 7) is 4.00. The number of thiophene rings is 1. The third-order valence-corrected chi connectivity index (χ3v) is 3.55. The standard InChI is InChI=1S/C13H16N4S2/c1-8(5-10-3-4-19-7-10)15-13-16-9(2)6-11(17-13)12(14)18/h3-4,6-8H,5H2,1-2H3,(H2,14,18)(H,15,16,17). The van der Waals surface area contributed by atoms with Crippen molar-refractivity contribution < 1.29 is 0 Å². The smallest absolute Gasteiger partial charge is 0.223 e. The zero-order valence-corrected chi connectivity index (χ0v) is 12.5. The second-order valence-electron chi connectivity index (χ2n) is 4.46. The van der Waals surface area contributed by atoms with E-state index in [2.05, 4.69) is 39.0 Å². The van der Waals surface area contributed by atoms with Gasteiger partial charge in [0.2, 0.25) is 5.95 Å². The third-order valence-electron chi connectivity index (χ3n) is 2.60. The molecular formula is C13H16N4S2. The Labute approximate surface area is 122 Å². The first-order valence-electron chi connectivity index (χ1n) is 5.97. The van der Waals surface area contributed by atoms with Crippen LogP contribution in [0.5, 0.6) is 0 Å². The summed E-state index contributed by atoms with van der Waals surface area (Å²) in [4.78, 5) is 8.96. The minimum Gasteiger partial charge on any atom is -0.388 e. The van der Waals surface area contributed by atoms with Gasteiger partial charge in [0.1, 0.15) is 10.7 Å². The molecule has 1 atom stereocenters. The summed E-state index contributed by atoms with van der Waals surface area (Å²) >= 11 is 6.65. The van der Waals surface area contributed by atoms with Gasteiger partial charge in [-0.1, -0.05) is 12.2 Å². The summed E-state index contributed by atoms with van der Waals surface area (Å²) in [6, 6.07) is 4.16. The number of hydrogen-bond donors (Lipinski definition) is 2. The maximum Gasteiger partial charge on any atom is 0.223 e. The highest BCUT2D eigenvalue weighted by atomic mass is 32.1. The van der Waals surface area contributed by atoms with Gasteiger partial charge in [0.15, 0.2) is 0 Å². The Hall–Kier alpha value is -1.53. The van der Waals surface area contributed by atoms with Gasteiger partial charge in [0, 0.05) is 11.7 Å². The van der Waals surface area contributed by atoms with Crippen LogP contribution in [0.25, 0.3) is 0 Å². The van der Waals surface area contributed by atoms with Gasteiger partial charge >= 0.3 is 0 Å². The normalized spacial score (nSPS) is 12.1. The largest absolute Gasteiger partial charge is 0.388 e. The fourth-order valence-electron chi connectivity index (χ4n) is 1.79. The maximum atomic E-state index is 5.61. The van der Waals surface area contributed by atoms with E-state index in [4.69, 9.17) is 18.0 Å². The molecule has 0 aliphatic heterocycles. The molecule has 2 aromatic heterocycles. The number of nitrogens with zero attached hydrogens (tertiary/aromatic N) is 2. The van der Waals surface area contributed by atoms with Crippen LogP contribution in [0.15, 0.2) is 22.9 Å². The topological polar surface area (TPSA) is 63.8 Å². The van der Waals surface area contributed by atoms with Crippen LogP contribution >= 0.6 is 23.6 Å². The number of anilines is 1. The van der Waals surface area contributed by atoms with Crippen molar-refractivity contribution in [3.63, 3.8) is 0 Å². The Morgan fingerprint density at radius 1 is 1.53 bits per heavy atom. The minimum absolute atomic E-state index is 0.246. The molecule has 3 N–H and O–H groups in total. The van der Waals surface area contributed by atoms with Crippen LogP contribution in [-0.2, 0) is 6.42 Å². The lowest BCUT2D eigenvalue weighted by Gasteiger charge is -2.14. The molecule has 0 saturated heterocycles. The summed E-state index contributed by atoms with van der Waals surface area (Å²) < 4.78 is 0. The molecule has 0 radical (unpaired) electrons. The Kier molecular flexibility index (Phi) is 4.44. The van der Waals surface area contributed by atoms with Crippen LogP contribution in [0.1, 0.15) is 23.9 Å². The van der Waals surface area contributed by atoms with Gasteiger partial charge in [0.05, 0.1) is 0 Å². The molecule has 2 aromatic rings. The molecule has 0 fully saturated rings. The van der Waals surface area contributed by atoms with Crippen molar-refractivity contribution in [3.05, 3.63) is 39.8 Å². The van der Waals surface area contributed by atoms with Gasteiger partial charge in [0.25, 0.3) is 0 Å². The molecular weight excluding hydrogens is 276 g/mol. The lowest BCUT2D eigenvalue weighted by atomic mass is 10.1. The average molecular weight is 292 g/mol. The Balaban J connectivity index is 2.08. The van der Waals surface area contributed by atoms with Gasteiger partial charge < -0.3 is 11.1 Å². The fraction of sp³-hybridized carbons (Fsp3) is 0.308. The molecule has 19 heavy (non-hydrogen) atoms. The predicted octanol–water partition coefficient (Wildman–Crippen LogP) is 2.52. The van der Waals surface area contributed by atoms with Crippen LogP contribution in [0, 0.1) is 6.92 Å². The molecule has 0 spiro atoms. The van der Waals surface area contributed by atoms with E-state index in [-0.39, 0.29) is 6.04 Å². The number of aryl methyl sites for hydroxylation is 1. The van der Waals surface area contributed by atoms with E-state index in [0.29, 0.717) is 16.6 Å². The molecule has 0 saturated carbocycles. The average Bonchev–Trinajstić information content (AvgIpc) is 2.80. The van der Waals surface area contributed by atoms with Crippen molar-refractivity contribution in [3.8, 4) is 0 Å². The molecule has 2 heterocycles. The van der Waals surface area contributed by atoms with E-state index in [1.165, 1.54) is 5.56 Å². The summed E-state index contributed by atoms with van der Waals surface area (Å²) in [5.74, 6) is 0.575. The number of nitrogens with one attached hydrogen (secondary N) is 1. The van der Waals surface area contributed by atoms with Crippen molar-refractivity contribution in [2.45, 2.75) is 26.3 Å². The molecule has 0 amide bonds. The summed E-state index contributed by atoms with van der Waals surface area (Å²) in [5.41, 5.74) is 8.37. The molecule has 0 bridgehead atoms. The number of hydrogen-bond acceptors (Lipinski definition) is 5. The number of nitrogens with two attached hydrogens (primary N) is 1. The van der Waals surface area contributed by atoms with E-state index in [0.717, 1.165) is 12.1 Å². The van der Waals surface area contributed by atoms with E-state index in [9.17, 15) is 0 Å². The zero-order valence-electron chi connectivity index (χ0n) is 10.9. The first-order valence-corrected chi connectivity index (χ1v) is 7.33. The lowest BCUT2D eigenvalue weighted by Crippen LogP contribution is -2.21.